The van der Waals surface area contributed by atoms with Crippen molar-refractivity contribution in [1.82, 2.24) is 9.97 Å². The second-order valence-electron chi connectivity index (χ2n) is 5.70. The van der Waals surface area contributed by atoms with Gasteiger partial charge in [0.25, 0.3) is 5.91 Å². The number of carbonyl (C=O) groups excluding carboxylic acids is 1. The first-order chi connectivity index (χ1) is 12.5. The topological polar surface area (TPSA) is 58.1 Å². The van der Waals surface area contributed by atoms with E-state index in [0.29, 0.717) is 33.8 Å². The molecular weight excluding hydrogens is 371 g/mol. The number of nitrogens with one attached hydrogen (secondary N) is 1. The maximum Gasteiger partial charge on any atom is 0.258 e. The maximum absolute atomic E-state index is 12.3. The third-order valence-electron chi connectivity index (χ3n) is 3.68. The molecule has 0 radical (unpaired) electrons. The summed E-state index contributed by atoms with van der Waals surface area (Å²) >= 11 is 11.8. The summed E-state index contributed by atoms with van der Waals surface area (Å²) in [6.45, 7) is 0.676. The first kappa shape index (κ1) is 18.2. The van der Waals surface area contributed by atoms with Crippen molar-refractivity contribution in [3.05, 3.63) is 82.1 Å². The molecule has 1 N–H and O–H groups in total. The highest BCUT2D eigenvalue weighted by atomic mass is 35.5. The molecule has 2 aromatic carbocycles. The molecule has 0 saturated heterocycles. The normalized spacial score (nSPS) is 10.4. The molecule has 26 heavy (non-hydrogen) atoms. The van der Waals surface area contributed by atoms with Crippen LogP contribution in [0.5, 0.6) is 0 Å². The third kappa shape index (κ3) is 4.50. The van der Waals surface area contributed by atoms with E-state index in [1.807, 2.05) is 42.3 Å². The zero-order valence-electron chi connectivity index (χ0n) is 14.0. The van der Waals surface area contributed by atoms with Crippen LogP contribution in [0.2, 0.25) is 10.0 Å². The Balaban J connectivity index is 1.66. The number of nitrogens with zero attached hydrogens (tertiary/aromatic N) is 3. The van der Waals surface area contributed by atoms with E-state index in [4.69, 9.17) is 23.2 Å². The molecule has 0 fully saturated rings. The molecule has 0 atom stereocenters. The molecule has 5 nitrogen and oxygen atoms in total. The number of anilines is 2. The first-order valence-corrected chi connectivity index (χ1v) is 8.62. The Bertz CT molecular complexity index is 901. The molecule has 0 spiro atoms. The molecule has 0 aliphatic heterocycles. The zero-order chi connectivity index (χ0) is 18.5. The van der Waals surface area contributed by atoms with Gasteiger partial charge in [0, 0.05) is 31.7 Å². The van der Waals surface area contributed by atoms with Crippen LogP contribution >= 0.6 is 23.2 Å². The number of benzene rings is 2. The monoisotopic (exact) mass is 386 g/mol. The summed E-state index contributed by atoms with van der Waals surface area (Å²) in [4.78, 5) is 22.8. The van der Waals surface area contributed by atoms with Gasteiger partial charge in [0.05, 0.1) is 15.6 Å². The maximum atomic E-state index is 12.3. The fourth-order valence-corrected chi connectivity index (χ4v) is 2.64. The van der Waals surface area contributed by atoms with Gasteiger partial charge in [-0.3, -0.25) is 4.79 Å². The second kappa shape index (κ2) is 8.17. The highest BCUT2D eigenvalue weighted by Gasteiger charge is 2.11. The van der Waals surface area contributed by atoms with Crippen molar-refractivity contribution in [3.8, 4) is 0 Å². The zero-order valence-corrected chi connectivity index (χ0v) is 15.5. The van der Waals surface area contributed by atoms with Crippen molar-refractivity contribution in [2.24, 2.45) is 0 Å². The minimum Gasteiger partial charge on any atom is -0.340 e. The molecule has 0 bridgehead atoms. The van der Waals surface area contributed by atoms with Gasteiger partial charge in [-0.05, 0) is 23.8 Å². The predicted molar refractivity (Wildman–Crippen MR) is 105 cm³/mol. The summed E-state index contributed by atoms with van der Waals surface area (Å²) in [5.41, 5.74) is 2.06. The molecular formula is C19H16Cl2N4O. The van der Waals surface area contributed by atoms with Crippen molar-refractivity contribution >= 4 is 40.7 Å². The van der Waals surface area contributed by atoms with Crippen LogP contribution in [0.3, 0.4) is 0 Å². The number of rotatable bonds is 5. The largest absolute Gasteiger partial charge is 0.340 e. The van der Waals surface area contributed by atoms with E-state index in [2.05, 4.69) is 15.3 Å². The van der Waals surface area contributed by atoms with E-state index >= 15 is 0 Å². The van der Waals surface area contributed by atoms with Crippen molar-refractivity contribution in [2.75, 3.05) is 17.3 Å². The molecule has 0 saturated carbocycles. The van der Waals surface area contributed by atoms with Crippen LogP contribution < -0.4 is 10.2 Å². The first-order valence-electron chi connectivity index (χ1n) is 7.86. The number of aromatic nitrogens is 2. The molecule has 3 aromatic rings. The van der Waals surface area contributed by atoms with E-state index in [1.54, 1.807) is 18.2 Å². The quantitative estimate of drug-likeness (QED) is 0.691. The molecule has 0 aliphatic carbocycles. The van der Waals surface area contributed by atoms with E-state index in [0.717, 1.165) is 5.56 Å². The summed E-state index contributed by atoms with van der Waals surface area (Å²) in [7, 11) is 1.90. The molecule has 0 unspecified atom stereocenters. The van der Waals surface area contributed by atoms with Gasteiger partial charge in [-0.25, -0.2) is 9.97 Å². The van der Waals surface area contributed by atoms with Crippen LogP contribution in [0.4, 0.5) is 11.6 Å². The lowest BCUT2D eigenvalue weighted by Crippen LogP contribution is -2.20. The average molecular weight is 387 g/mol. The number of carbonyl (C=O) groups is 1. The van der Waals surface area contributed by atoms with Crippen molar-refractivity contribution in [1.29, 1.82) is 0 Å². The van der Waals surface area contributed by atoms with Crippen LogP contribution in [0.1, 0.15) is 15.9 Å². The van der Waals surface area contributed by atoms with Crippen LogP contribution in [0.25, 0.3) is 0 Å². The Morgan fingerprint density at radius 2 is 1.73 bits per heavy atom. The minimum absolute atomic E-state index is 0.319. The number of hydrogen-bond donors (Lipinski definition) is 1. The lowest BCUT2D eigenvalue weighted by molar-refractivity contribution is 0.102. The Morgan fingerprint density at radius 3 is 2.38 bits per heavy atom. The van der Waals surface area contributed by atoms with Gasteiger partial charge in [-0.1, -0.05) is 53.5 Å². The summed E-state index contributed by atoms with van der Waals surface area (Å²) in [6.07, 6.45) is 2.99. The van der Waals surface area contributed by atoms with Crippen molar-refractivity contribution in [2.45, 2.75) is 6.54 Å². The second-order valence-corrected chi connectivity index (χ2v) is 6.51. The van der Waals surface area contributed by atoms with Gasteiger partial charge in [0.1, 0.15) is 0 Å². The van der Waals surface area contributed by atoms with Gasteiger partial charge >= 0.3 is 0 Å². The average Bonchev–Trinajstić information content (AvgIpc) is 2.65. The highest BCUT2D eigenvalue weighted by Crippen LogP contribution is 2.25. The summed E-state index contributed by atoms with van der Waals surface area (Å²) < 4.78 is 0. The van der Waals surface area contributed by atoms with Crippen LogP contribution in [0.15, 0.2) is 60.9 Å². The SMILES string of the molecule is CN(Cc1ccccc1)c1ncc(C(=O)Nc2ccc(Cl)c(Cl)c2)cn1. The van der Waals surface area contributed by atoms with Crippen LogP contribution in [-0.2, 0) is 6.54 Å². The third-order valence-corrected chi connectivity index (χ3v) is 4.42. The van der Waals surface area contributed by atoms with E-state index in [9.17, 15) is 4.79 Å². The molecule has 1 heterocycles. The Labute approximate surface area is 161 Å². The smallest absolute Gasteiger partial charge is 0.258 e. The standard InChI is InChI=1S/C19H16Cl2N4O/c1-25(12-13-5-3-2-4-6-13)19-22-10-14(11-23-19)18(26)24-15-7-8-16(20)17(21)9-15/h2-11H,12H2,1H3,(H,24,26). The highest BCUT2D eigenvalue weighted by molar-refractivity contribution is 6.42. The fourth-order valence-electron chi connectivity index (χ4n) is 2.34. The summed E-state index contributed by atoms with van der Waals surface area (Å²) in [5.74, 6) is 0.223. The Hall–Kier alpha value is -2.63. The number of halogens is 2. The lowest BCUT2D eigenvalue weighted by atomic mass is 10.2. The molecule has 3 rings (SSSR count). The molecule has 132 valence electrons. The van der Waals surface area contributed by atoms with Crippen LogP contribution in [0, 0.1) is 0 Å². The minimum atomic E-state index is -0.319. The molecule has 7 heteroatoms. The van der Waals surface area contributed by atoms with Gasteiger partial charge in [0.15, 0.2) is 0 Å². The van der Waals surface area contributed by atoms with E-state index in [-0.39, 0.29) is 5.91 Å². The molecule has 1 aromatic heterocycles. The van der Waals surface area contributed by atoms with Crippen molar-refractivity contribution in [3.63, 3.8) is 0 Å². The van der Waals surface area contributed by atoms with Crippen molar-refractivity contribution < 1.29 is 4.79 Å². The van der Waals surface area contributed by atoms with Gasteiger partial charge in [0.2, 0.25) is 5.95 Å². The lowest BCUT2D eigenvalue weighted by Gasteiger charge is -2.17. The predicted octanol–water partition coefficient (Wildman–Crippen LogP) is 4.67. The summed E-state index contributed by atoms with van der Waals surface area (Å²) in [6, 6.07) is 14.9. The van der Waals surface area contributed by atoms with E-state index < -0.39 is 0 Å². The number of amides is 1. The Kier molecular flexibility index (Phi) is 5.71. The van der Waals surface area contributed by atoms with Gasteiger partial charge in [-0.15, -0.1) is 0 Å². The Morgan fingerprint density at radius 1 is 1.04 bits per heavy atom. The summed E-state index contributed by atoms with van der Waals surface area (Å²) in [5, 5.41) is 3.54. The molecule has 1 amide bonds. The molecule has 0 aliphatic rings. The fraction of sp³-hybridized carbons (Fsp3) is 0.105. The van der Waals surface area contributed by atoms with Gasteiger partial charge < -0.3 is 10.2 Å². The van der Waals surface area contributed by atoms with Gasteiger partial charge in [-0.2, -0.15) is 0 Å². The number of hydrogen-bond acceptors (Lipinski definition) is 4. The van der Waals surface area contributed by atoms with Crippen LogP contribution in [-0.4, -0.2) is 22.9 Å². The van der Waals surface area contributed by atoms with E-state index in [1.165, 1.54) is 12.4 Å².